The summed E-state index contributed by atoms with van der Waals surface area (Å²) in [4.78, 5) is 24.3. The van der Waals surface area contributed by atoms with Crippen LogP contribution in [0.5, 0.6) is 11.7 Å². The number of carboxylic acids is 1. The number of ether oxygens (including phenoxy) is 1. The van der Waals surface area contributed by atoms with Crippen LogP contribution in [0.25, 0.3) is 0 Å². The van der Waals surface area contributed by atoms with Gasteiger partial charge in [-0.1, -0.05) is 25.1 Å². The van der Waals surface area contributed by atoms with Gasteiger partial charge in [-0.3, -0.25) is 9.59 Å². The number of aliphatic carboxylic acids is 1. The van der Waals surface area contributed by atoms with Crippen LogP contribution in [0.4, 0.5) is 0 Å². The van der Waals surface area contributed by atoms with Gasteiger partial charge < -0.3 is 19.2 Å². The summed E-state index contributed by atoms with van der Waals surface area (Å²) in [6.45, 7) is 1.64. The fraction of sp³-hybridized carbons (Fsp3) is 0.250. The van der Waals surface area contributed by atoms with E-state index in [9.17, 15) is 9.59 Å². The second-order valence-corrected chi connectivity index (χ2v) is 4.96. The van der Waals surface area contributed by atoms with Crippen LogP contribution in [0.15, 0.2) is 46.9 Å². The summed E-state index contributed by atoms with van der Waals surface area (Å²) in [7, 11) is 1.53. The van der Waals surface area contributed by atoms with Crippen molar-refractivity contribution in [3.8, 4) is 11.7 Å². The number of amides is 1. The molecule has 1 heterocycles. The van der Waals surface area contributed by atoms with Crippen molar-refractivity contribution in [3.05, 3.63) is 48.2 Å². The van der Waals surface area contributed by atoms with E-state index in [0.29, 0.717) is 5.75 Å². The van der Waals surface area contributed by atoms with E-state index in [-0.39, 0.29) is 18.3 Å². The number of nitrogens with zero attached hydrogens (tertiary/aromatic N) is 1. The molecule has 116 valence electrons. The minimum Gasteiger partial charge on any atom is -0.481 e. The molecule has 0 aliphatic rings. The first-order valence-corrected chi connectivity index (χ1v) is 6.78. The first kappa shape index (κ1) is 15.6. The van der Waals surface area contributed by atoms with Crippen LogP contribution in [0.1, 0.15) is 17.5 Å². The zero-order chi connectivity index (χ0) is 16.1. The van der Waals surface area contributed by atoms with Gasteiger partial charge in [0.25, 0.3) is 11.9 Å². The zero-order valence-corrected chi connectivity index (χ0v) is 12.4. The molecule has 1 aromatic carbocycles. The molecule has 1 unspecified atom stereocenters. The van der Waals surface area contributed by atoms with Crippen molar-refractivity contribution in [2.75, 3.05) is 13.6 Å². The highest BCUT2D eigenvalue weighted by Crippen LogP contribution is 2.24. The van der Waals surface area contributed by atoms with Crippen molar-refractivity contribution in [3.63, 3.8) is 0 Å². The summed E-state index contributed by atoms with van der Waals surface area (Å²) in [6, 6.07) is 12.1. The maximum atomic E-state index is 12.2. The molecule has 0 radical (unpaired) electrons. The summed E-state index contributed by atoms with van der Waals surface area (Å²) in [5.74, 6) is -1.09. The maximum Gasteiger partial charge on any atom is 0.308 e. The molecule has 0 bridgehead atoms. The monoisotopic (exact) mass is 303 g/mol. The van der Waals surface area contributed by atoms with Gasteiger partial charge in [0, 0.05) is 19.7 Å². The van der Waals surface area contributed by atoms with Gasteiger partial charge in [-0.25, -0.2) is 0 Å². The molecule has 22 heavy (non-hydrogen) atoms. The fourth-order valence-corrected chi connectivity index (χ4v) is 1.85. The van der Waals surface area contributed by atoms with Gasteiger partial charge in [0.05, 0.1) is 5.92 Å². The topological polar surface area (TPSA) is 80.0 Å². The third-order valence-corrected chi connectivity index (χ3v) is 3.07. The van der Waals surface area contributed by atoms with E-state index in [1.165, 1.54) is 24.9 Å². The van der Waals surface area contributed by atoms with Gasteiger partial charge in [0.15, 0.2) is 5.76 Å². The quantitative estimate of drug-likeness (QED) is 0.887. The number of hydrogen-bond donors (Lipinski definition) is 1. The molecule has 0 aliphatic heterocycles. The Balaban J connectivity index is 2.01. The van der Waals surface area contributed by atoms with E-state index in [1.807, 2.05) is 18.2 Å². The van der Waals surface area contributed by atoms with Gasteiger partial charge in [-0.05, 0) is 18.2 Å². The highest BCUT2D eigenvalue weighted by Gasteiger charge is 2.21. The predicted molar refractivity (Wildman–Crippen MR) is 79.0 cm³/mol. The SMILES string of the molecule is CC(CN(C)C(=O)c1ccc(Oc2ccccc2)o1)C(=O)O. The van der Waals surface area contributed by atoms with Crippen LogP contribution < -0.4 is 4.74 Å². The molecular weight excluding hydrogens is 286 g/mol. The van der Waals surface area contributed by atoms with Crippen molar-refractivity contribution < 1.29 is 23.8 Å². The number of carbonyl (C=O) groups is 2. The first-order valence-electron chi connectivity index (χ1n) is 6.78. The molecular formula is C16H17NO5. The van der Waals surface area contributed by atoms with E-state index in [4.69, 9.17) is 14.3 Å². The average molecular weight is 303 g/mol. The smallest absolute Gasteiger partial charge is 0.308 e. The molecule has 6 heteroatoms. The third-order valence-electron chi connectivity index (χ3n) is 3.07. The number of benzene rings is 1. The Labute approximate surface area is 127 Å². The molecule has 0 saturated carbocycles. The lowest BCUT2D eigenvalue weighted by molar-refractivity contribution is -0.141. The second kappa shape index (κ2) is 6.80. The van der Waals surface area contributed by atoms with Crippen molar-refractivity contribution in [1.29, 1.82) is 0 Å². The normalized spacial score (nSPS) is 11.7. The Morgan fingerprint density at radius 2 is 1.91 bits per heavy atom. The lowest BCUT2D eigenvalue weighted by atomic mass is 10.2. The highest BCUT2D eigenvalue weighted by atomic mass is 16.6. The lowest BCUT2D eigenvalue weighted by Crippen LogP contribution is -2.33. The molecule has 1 amide bonds. The minimum absolute atomic E-state index is 0.101. The van der Waals surface area contributed by atoms with E-state index in [1.54, 1.807) is 18.2 Å². The Morgan fingerprint density at radius 3 is 2.55 bits per heavy atom. The van der Waals surface area contributed by atoms with Crippen molar-refractivity contribution in [2.45, 2.75) is 6.92 Å². The van der Waals surface area contributed by atoms with Crippen LogP contribution in [0.2, 0.25) is 0 Å². The number of hydrogen-bond acceptors (Lipinski definition) is 4. The van der Waals surface area contributed by atoms with Crippen LogP contribution in [-0.2, 0) is 4.79 Å². The van der Waals surface area contributed by atoms with E-state index >= 15 is 0 Å². The standard InChI is InChI=1S/C16H17NO5/c1-11(16(19)20)10-17(2)15(18)13-8-9-14(22-13)21-12-6-4-3-5-7-12/h3-9,11H,10H2,1-2H3,(H,19,20). The first-order chi connectivity index (χ1) is 10.5. The summed E-state index contributed by atoms with van der Waals surface area (Å²) in [6.07, 6.45) is 0. The molecule has 2 rings (SSSR count). The summed E-state index contributed by atoms with van der Waals surface area (Å²) < 4.78 is 10.8. The molecule has 0 fully saturated rings. The average Bonchev–Trinajstić information content (AvgIpc) is 2.95. The van der Waals surface area contributed by atoms with E-state index in [2.05, 4.69) is 0 Å². The van der Waals surface area contributed by atoms with Crippen LogP contribution in [0.3, 0.4) is 0 Å². The molecule has 1 N–H and O–H groups in total. The summed E-state index contributed by atoms with van der Waals surface area (Å²) in [5.41, 5.74) is 0. The van der Waals surface area contributed by atoms with Gasteiger partial charge in [0.1, 0.15) is 5.75 Å². The molecule has 6 nitrogen and oxygen atoms in total. The summed E-state index contributed by atoms with van der Waals surface area (Å²) in [5, 5.41) is 8.87. The van der Waals surface area contributed by atoms with Crippen LogP contribution in [0, 0.1) is 5.92 Å². The fourth-order valence-electron chi connectivity index (χ4n) is 1.85. The molecule has 1 atom stereocenters. The van der Waals surface area contributed by atoms with E-state index in [0.717, 1.165) is 0 Å². The molecule has 2 aromatic rings. The molecule has 0 saturated heterocycles. The Morgan fingerprint density at radius 1 is 1.23 bits per heavy atom. The van der Waals surface area contributed by atoms with Gasteiger partial charge in [0.2, 0.25) is 0 Å². The Hall–Kier alpha value is -2.76. The minimum atomic E-state index is -0.952. The van der Waals surface area contributed by atoms with Crippen LogP contribution >= 0.6 is 0 Å². The molecule has 1 aromatic heterocycles. The third kappa shape index (κ3) is 3.88. The van der Waals surface area contributed by atoms with Crippen molar-refractivity contribution in [2.24, 2.45) is 5.92 Å². The zero-order valence-electron chi connectivity index (χ0n) is 12.4. The van der Waals surface area contributed by atoms with E-state index < -0.39 is 17.8 Å². The Bertz CT molecular complexity index is 650. The number of carbonyl (C=O) groups excluding carboxylic acids is 1. The largest absolute Gasteiger partial charge is 0.481 e. The number of rotatable bonds is 6. The maximum absolute atomic E-state index is 12.2. The Kier molecular flexibility index (Phi) is 4.83. The van der Waals surface area contributed by atoms with Gasteiger partial charge >= 0.3 is 5.97 Å². The molecule has 0 aliphatic carbocycles. The summed E-state index contributed by atoms with van der Waals surface area (Å²) >= 11 is 0. The van der Waals surface area contributed by atoms with Gasteiger partial charge in [-0.15, -0.1) is 0 Å². The number of carboxylic acid groups (broad SMARTS) is 1. The number of furan rings is 1. The second-order valence-electron chi connectivity index (χ2n) is 4.96. The highest BCUT2D eigenvalue weighted by molar-refractivity contribution is 5.91. The predicted octanol–water partition coefficient (Wildman–Crippen LogP) is 2.86. The van der Waals surface area contributed by atoms with Crippen LogP contribution in [-0.4, -0.2) is 35.5 Å². The number of para-hydroxylation sites is 1. The van der Waals surface area contributed by atoms with Crippen molar-refractivity contribution >= 4 is 11.9 Å². The van der Waals surface area contributed by atoms with Crippen molar-refractivity contribution in [1.82, 2.24) is 4.90 Å². The lowest BCUT2D eigenvalue weighted by Gasteiger charge is -2.17. The van der Waals surface area contributed by atoms with Gasteiger partial charge in [-0.2, -0.15) is 0 Å². The molecule has 0 spiro atoms.